The molecule has 2 N–H and O–H groups in total. The van der Waals surface area contributed by atoms with E-state index in [0.29, 0.717) is 22.3 Å². The first-order valence-corrected chi connectivity index (χ1v) is 9.06. The molecule has 0 radical (unpaired) electrons. The number of hydrogen-bond donors (Lipinski definition) is 2. The molecular formula is C23H18N2O3. The summed E-state index contributed by atoms with van der Waals surface area (Å²) in [6.45, 7) is 2.04. The Bertz CT molecular complexity index is 1100. The normalized spacial score (nSPS) is 11.5. The van der Waals surface area contributed by atoms with E-state index in [9.17, 15) is 14.4 Å². The zero-order valence-corrected chi connectivity index (χ0v) is 15.3. The van der Waals surface area contributed by atoms with Gasteiger partial charge in [-0.05, 0) is 47.4 Å². The average Bonchev–Trinajstić information content (AvgIpc) is 3.04. The number of ketones is 1. The fourth-order valence-electron chi connectivity index (χ4n) is 3.32. The maximum absolute atomic E-state index is 12.6. The molecule has 5 nitrogen and oxygen atoms in total. The molecule has 0 bridgehead atoms. The van der Waals surface area contributed by atoms with Crippen LogP contribution in [0.4, 0.5) is 0 Å². The van der Waals surface area contributed by atoms with Gasteiger partial charge < -0.3 is 0 Å². The smallest absolute Gasteiger partial charge is 0.269 e. The van der Waals surface area contributed by atoms with Crippen molar-refractivity contribution in [2.75, 3.05) is 0 Å². The maximum atomic E-state index is 12.6. The van der Waals surface area contributed by atoms with Gasteiger partial charge in [-0.2, -0.15) is 0 Å². The number of hydrazine groups is 1. The Hall–Kier alpha value is -3.73. The highest BCUT2D eigenvalue weighted by molar-refractivity contribution is 6.22. The number of fused-ring (bicyclic) bond motifs is 3. The summed E-state index contributed by atoms with van der Waals surface area (Å²) in [6, 6.07) is 19.5. The van der Waals surface area contributed by atoms with Crippen molar-refractivity contribution < 1.29 is 14.4 Å². The van der Waals surface area contributed by atoms with Crippen LogP contribution in [0.5, 0.6) is 0 Å². The molecule has 0 unspecified atom stereocenters. The van der Waals surface area contributed by atoms with Crippen molar-refractivity contribution in [3.63, 3.8) is 0 Å². The summed E-state index contributed by atoms with van der Waals surface area (Å²) < 4.78 is 0. The van der Waals surface area contributed by atoms with Crippen LogP contribution in [-0.4, -0.2) is 17.6 Å². The van der Waals surface area contributed by atoms with Gasteiger partial charge in [-0.1, -0.05) is 49.4 Å². The van der Waals surface area contributed by atoms with Gasteiger partial charge in [0, 0.05) is 22.3 Å². The van der Waals surface area contributed by atoms with Gasteiger partial charge in [-0.15, -0.1) is 0 Å². The van der Waals surface area contributed by atoms with Gasteiger partial charge in [-0.25, -0.2) is 0 Å². The maximum Gasteiger partial charge on any atom is 0.269 e. The molecule has 0 saturated heterocycles. The van der Waals surface area contributed by atoms with Crippen molar-refractivity contribution in [1.82, 2.24) is 10.9 Å². The number of nitrogens with one attached hydrogen (secondary N) is 2. The number of hydrogen-bond acceptors (Lipinski definition) is 3. The van der Waals surface area contributed by atoms with Crippen LogP contribution in [-0.2, 0) is 6.42 Å². The summed E-state index contributed by atoms with van der Waals surface area (Å²) >= 11 is 0. The third kappa shape index (κ3) is 3.07. The lowest BCUT2D eigenvalue weighted by molar-refractivity contribution is 0.0846. The molecule has 0 fully saturated rings. The van der Waals surface area contributed by atoms with E-state index >= 15 is 0 Å². The van der Waals surface area contributed by atoms with Crippen molar-refractivity contribution in [3.05, 3.63) is 94.5 Å². The minimum Gasteiger partial charge on any atom is -0.289 e. The molecule has 2 amide bonds. The van der Waals surface area contributed by atoms with Crippen LogP contribution in [0.2, 0.25) is 0 Å². The van der Waals surface area contributed by atoms with Gasteiger partial charge in [0.1, 0.15) is 0 Å². The van der Waals surface area contributed by atoms with Gasteiger partial charge in [0.05, 0.1) is 0 Å². The van der Waals surface area contributed by atoms with Crippen molar-refractivity contribution in [3.8, 4) is 11.1 Å². The number of aryl methyl sites for hydroxylation is 1. The highest BCUT2D eigenvalue weighted by Gasteiger charge is 2.27. The lowest BCUT2D eigenvalue weighted by Crippen LogP contribution is -2.41. The molecule has 0 atom stereocenters. The van der Waals surface area contributed by atoms with E-state index < -0.39 is 11.8 Å². The summed E-state index contributed by atoms with van der Waals surface area (Å²) in [5, 5.41) is 0. The summed E-state index contributed by atoms with van der Waals surface area (Å²) in [5.74, 6) is -0.981. The second kappa shape index (κ2) is 7.12. The zero-order valence-electron chi connectivity index (χ0n) is 15.3. The van der Waals surface area contributed by atoms with Crippen LogP contribution in [0.15, 0.2) is 66.7 Å². The summed E-state index contributed by atoms with van der Waals surface area (Å²) in [6.07, 6.45) is 0.888. The molecule has 1 aliphatic carbocycles. The highest BCUT2D eigenvalue weighted by atomic mass is 16.2. The van der Waals surface area contributed by atoms with Crippen LogP contribution < -0.4 is 10.9 Å². The van der Waals surface area contributed by atoms with E-state index in [2.05, 4.69) is 10.9 Å². The molecule has 28 heavy (non-hydrogen) atoms. The first-order valence-electron chi connectivity index (χ1n) is 9.06. The molecule has 3 aromatic rings. The monoisotopic (exact) mass is 370 g/mol. The Morgan fingerprint density at radius 1 is 0.714 bits per heavy atom. The summed E-state index contributed by atoms with van der Waals surface area (Å²) in [4.78, 5) is 37.2. The minimum absolute atomic E-state index is 0.0969. The molecule has 0 aromatic heterocycles. The van der Waals surface area contributed by atoms with Gasteiger partial charge in [-0.3, -0.25) is 25.2 Å². The fourth-order valence-corrected chi connectivity index (χ4v) is 3.32. The Morgan fingerprint density at radius 2 is 1.29 bits per heavy atom. The molecule has 3 aromatic carbocycles. The van der Waals surface area contributed by atoms with E-state index in [-0.39, 0.29) is 5.78 Å². The Kier molecular flexibility index (Phi) is 4.49. The standard InChI is InChI=1S/C23H18N2O3/c1-2-14-7-9-15(10-8-14)22(27)24-25-23(28)16-11-12-18-17-5-3-4-6-19(17)21(26)20(18)13-16/h3-13H,2H2,1H3,(H,24,27)(H,25,28). The Balaban J connectivity index is 1.47. The lowest BCUT2D eigenvalue weighted by atomic mass is 10.0. The van der Waals surface area contributed by atoms with Crippen LogP contribution >= 0.6 is 0 Å². The quantitative estimate of drug-likeness (QED) is 0.542. The summed E-state index contributed by atoms with van der Waals surface area (Å²) in [5.41, 5.74) is 9.53. The van der Waals surface area contributed by atoms with Crippen molar-refractivity contribution in [2.45, 2.75) is 13.3 Å². The molecule has 0 spiro atoms. The van der Waals surface area contributed by atoms with E-state index in [1.807, 2.05) is 37.3 Å². The van der Waals surface area contributed by atoms with Crippen LogP contribution in [0, 0.1) is 0 Å². The first-order chi connectivity index (χ1) is 13.6. The zero-order chi connectivity index (χ0) is 19.7. The van der Waals surface area contributed by atoms with E-state index in [1.165, 1.54) is 0 Å². The first kappa shape index (κ1) is 17.7. The molecule has 138 valence electrons. The van der Waals surface area contributed by atoms with Gasteiger partial charge in [0.25, 0.3) is 11.8 Å². The molecule has 0 aliphatic heterocycles. The minimum atomic E-state index is -0.481. The van der Waals surface area contributed by atoms with Crippen LogP contribution in [0.3, 0.4) is 0 Å². The lowest BCUT2D eigenvalue weighted by Gasteiger charge is -2.09. The number of rotatable bonds is 3. The highest BCUT2D eigenvalue weighted by Crippen LogP contribution is 2.36. The van der Waals surface area contributed by atoms with Crippen LogP contribution in [0.1, 0.15) is 49.1 Å². The third-order valence-corrected chi connectivity index (χ3v) is 4.90. The Morgan fingerprint density at radius 3 is 1.96 bits per heavy atom. The summed E-state index contributed by atoms with van der Waals surface area (Å²) in [7, 11) is 0. The predicted molar refractivity (Wildman–Crippen MR) is 106 cm³/mol. The number of carbonyl (C=O) groups excluding carboxylic acids is 3. The van der Waals surface area contributed by atoms with Crippen molar-refractivity contribution in [1.29, 1.82) is 0 Å². The largest absolute Gasteiger partial charge is 0.289 e. The molecule has 0 saturated carbocycles. The predicted octanol–water partition coefficient (Wildman–Crippen LogP) is 3.54. The molecule has 0 heterocycles. The van der Waals surface area contributed by atoms with E-state index in [1.54, 1.807) is 36.4 Å². The number of benzene rings is 3. The Labute approximate surface area is 162 Å². The van der Waals surface area contributed by atoms with Crippen molar-refractivity contribution >= 4 is 17.6 Å². The van der Waals surface area contributed by atoms with Crippen LogP contribution in [0.25, 0.3) is 11.1 Å². The SMILES string of the molecule is CCc1ccc(C(=O)NNC(=O)c2ccc3c(c2)C(=O)c2ccccc2-3)cc1. The van der Waals surface area contributed by atoms with E-state index in [0.717, 1.165) is 23.1 Å². The second-order valence-corrected chi connectivity index (χ2v) is 6.59. The number of amides is 2. The molecule has 1 aliphatic rings. The topological polar surface area (TPSA) is 75.3 Å². The van der Waals surface area contributed by atoms with Gasteiger partial charge in [0.2, 0.25) is 0 Å². The van der Waals surface area contributed by atoms with Crippen molar-refractivity contribution in [2.24, 2.45) is 0 Å². The van der Waals surface area contributed by atoms with Gasteiger partial charge >= 0.3 is 0 Å². The number of carbonyl (C=O) groups is 3. The second-order valence-electron chi connectivity index (χ2n) is 6.59. The third-order valence-electron chi connectivity index (χ3n) is 4.90. The molecule has 5 heteroatoms. The molecular weight excluding hydrogens is 352 g/mol. The fraction of sp³-hybridized carbons (Fsp3) is 0.0870. The molecule has 4 rings (SSSR count). The average molecular weight is 370 g/mol. The van der Waals surface area contributed by atoms with E-state index in [4.69, 9.17) is 0 Å². The van der Waals surface area contributed by atoms with Gasteiger partial charge in [0.15, 0.2) is 5.78 Å².